The van der Waals surface area contributed by atoms with E-state index in [4.69, 9.17) is 16.2 Å². The first-order valence-corrected chi connectivity index (χ1v) is 6.02. The fourth-order valence-corrected chi connectivity index (χ4v) is 2.05. The van der Waals surface area contributed by atoms with Crippen molar-refractivity contribution in [3.8, 4) is 0 Å². The molecule has 1 aliphatic heterocycles. The van der Waals surface area contributed by atoms with Crippen molar-refractivity contribution in [3.05, 3.63) is 0 Å². The number of likely N-dealkylation sites (tertiary alicyclic amines) is 1. The van der Waals surface area contributed by atoms with Crippen LogP contribution in [0.3, 0.4) is 0 Å². The van der Waals surface area contributed by atoms with Crippen LogP contribution in [0.1, 0.15) is 26.2 Å². The van der Waals surface area contributed by atoms with Crippen LogP contribution in [0.25, 0.3) is 0 Å². The van der Waals surface area contributed by atoms with Gasteiger partial charge in [0.05, 0.1) is 12.1 Å². The van der Waals surface area contributed by atoms with Gasteiger partial charge in [-0.1, -0.05) is 0 Å². The number of piperidine rings is 1. The highest BCUT2D eigenvalue weighted by Gasteiger charge is 2.20. The topological polar surface area (TPSA) is 81.6 Å². The second-order valence-corrected chi connectivity index (χ2v) is 4.32. The number of rotatable bonds is 6. The Hall–Kier alpha value is -0.650. The largest absolute Gasteiger partial charge is 0.377 e. The number of nitrogens with zero attached hydrogens (tertiary/aromatic N) is 1. The lowest BCUT2D eigenvalue weighted by Gasteiger charge is -2.32. The standard InChI is InChI=1S/C11H23N3O2/c1-2-16-9-4-3-6-14(8-9)7-5-10(12)11(13)15/h9-10H,2-8,12H2,1H3,(H2,13,15). The third kappa shape index (κ3) is 4.47. The molecule has 5 nitrogen and oxygen atoms in total. The van der Waals surface area contributed by atoms with Gasteiger partial charge in [0.1, 0.15) is 0 Å². The van der Waals surface area contributed by atoms with E-state index in [-0.39, 0.29) is 0 Å². The highest BCUT2D eigenvalue weighted by atomic mass is 16.5. The van der Waals surface area contributed by atoms with Crippen molar-refractivity contribution in [3.63, 3.8) is 0 Å². The average Bonchev–Trinajstić information content (AvgIpc) is 2.26. The molecule has 1 rings (SSSR count). The molecule has 2 atom stereocenters. The number of amides is 1. The Morgan fingerprint density at radius 2 is 2.38 bits per heavy atom. The maximum absolute atomic E-state index is 10.8. The number of carbonyl (C=O) groups excluding carboxylic acids is 1. The Kier molecular flexibility index (Phi) is 5.73. The van der Waals surface area contributed by atoms with Crippen LogP contribution in [0.15, 0.2) is 0 Å². The summed E-state index contributed by atoms with van der Waals surface area (Å²) in [4.78, 5) is 13.1. The maximum atomic E-state index is 10.8. The lowest BCUT2D eigenvalue weighted by molar-refractivity contribution is -0.119. The van der Waals surface area contributed by atoms with E-state index in [0.29, 0.717) is 12.5 Å². The van der Waals surface area contributed by atoms with Crippen molar-refractivity contribution in [2.45, 2.75) is 38.3 Å². The Morgan fingerprint density at radius 3 is 3.00 bits per heavy atom. The molecule has 0 aromatic rings. The van der Waals surface area contributed by atoms with Crippen LogP contribution in [0.4, 0.5) is 0 Å². The van der Waals surface area contributed by atoms with Gasteiger partial charge < -0.3 is 21.1 Å². The molecule has 0 radical (unpaired) electrons. The molecule has 0 saturated carbocycles. The Balaban J connectivity index is 2.23. The zero-order chi connectivity index (χ0) is 12.0. The van der Waals surface area contributed by atoms with Gasteiger partial charge in [-0.3, -0.25) is 4.79 Å². The zero-order valence-electron chi connectivity index (χ0n) is 10.0. The van der Waals surface area contributed by atoms with Gasteiger partial charge in [0.2, 0.25) is 5.91 Å². The molecule has 0 aliphatic carbocycles. The molecule has 1 saturated heterocycles. The molecule has 1 fully saturated rings. The van der Waals surface area contributed by atoms with Crippen LogP contribution >= 0.6 is 0 Å². The van der Waals surface area contributed by atoms with E-state index >= 15 is 0 Å². The minimum atomic E-state index is -0.521. The zero-order valence-corrected chi connectivity index (χ0v) is 10.0. The van der Waals surface area contributed by atoms with Crippen molar-refractivity contribution in [1.29, 1.82) is 0 Å². The molecule has 0 bridgehead atoms. The molecule has 1 aliphatic rings. The average molecular weight is 229 g/mol. The molecule has 1 amide bonds. The monoisotopic (exact) mass is 229 g/mol. The molecule has 4 N–H and O–H groups in total. The minimum absolute atomic E-state index is 0.337. The predicted molar refractivity (Wildman–Crippen MR) is 62.9 cm³/mol. The summed E-state index contributed by atoms with van der Waals surface area (Å²) in [5.41, 5.74) is 10.7. The molecule has 1 heterocycles. The summed E-state index contributed by atoms with van der Waals surface area (Å²) in [6, 6.07) is -0.521. The van der Waals surface area contributed by atoms with Crippen molar-refractivity contribution in [1.82, 2.24) is 4.90 Å². The highest BCUT2D eigenvalue weighted by Crippen LogP contribution is 2.13. The van der Waals surface area contributed by atoms with Gasteiger partial charge in [0.25, 0.3) is 0 Å². The quantitative estimate of drug-likeness (QED) is 0.654. The van der Waals surface area contributed by atoms with Crippen LogP contribution in [-0.2, 0) is 9.53 Å². The summed E-state index contributed by atoms with van der Waals surface area (Å²) in [6.07, 6.45) is 3.25. The van der Waals surface area contributed by atoms with Gasteiger partial charge in [-0.05, 0) is 32.7 Å². The van der Waals surface area contributed by atoms with E-state index in [2.05, 4.69) is 4.90 Å². The second kappa shape index (κ2) is 6.83. The number of primary amides is 1. The number of carbonyl (C=O) groups is 1. The summed E-state index contributed by atoms with van der Waals surface area (Å²) < 4.78 is 5.60. The summed E-state index contributed by atoms with van der Waals surface area (Å²) >= 11 is 0. The molecule has 0 aromatic carbocycles. The summed E-state index contributed by atoms with van der Waals surface area (Å²) in [5.74, 6) is -0.418. The fraction of sp³-hybridized carbons (Fsp3) is 0.909. The number of hydrogen-bond donors (Lipinski definition) is 2. The molecule has 94 valence electrons. The van der Waals surface area contributed by atoms with Crippen molar-refractivity contribution < 1.29 is 9.53 Å². The lowest BCUT2D eigenvalue weighted by Crippen LogP contribution is -2.44. The Morgan fingerprint density at radius 1 is 1.62 bits per heavy atom. The predicted octanol–water partition coefficient (Wildman–Crippen LogP) is -0.310. The van der Waals surface area contributed by atoms with Gasteiger partial charge in [-0.2, -0.15) is 0 Å². The van der Waals surface area contributed by atoms with E-state index in [1.54, 1.807) is 0 Å². The Labute approximate surface area is 97.1 Å². The van der Waals surface area contributed by atoms with Crippen molar-refractivity contribution in [2.24, 2.45) is 11.5 Å². The van der Waals surface area contributed by atoms with Crippen molar-refractivity contribution in [2.75, 3.05) is 26.2 Å². The number of nitrogens with two attached hydrogens (primary N) is 2. The highest BCUT2D eigenvalue weighted by molar-refractivity contribution is 5.79. The lowest BCUT2D eigenvalue weighted by atomic mass is 10.1. The third-order valence-electron chi connectivity index (χ3n) is 2.99. The second-order valence-electron chi connectivity index (χ2n) is 4.32. The van der Waals surface area contributed by atoms with Gasteiger partial charge in [-0.15, -0.1) is 0 Å². The van der Waals surface area contributed by atoms with Crippen LogP contribution in [0.5, 0.6) is 0 Å². The SMILES string of the molecule is CCOC1CCCN(CCC(N)C(N)=O)C1. The third-order valence-corrected chi connectivity index (χ3v) is 2.99. The van der Waals surface area contributed by atoms with E-state index in [9.17, 15) is 4.79 Å². The molecular weight excluding hydrogens is 206 g/mol. The molecule has 0 spiro atoms. The van der Waals surface area contributed by atoms with Crippen LogP contribution in [0, 0.1) is 0 Å². The number of hydrogen-bond acceptors (Lipinski definition) is 4. The Bertz CT molecular complexity index is 221. The molecular formula is C11H23N3O2. The molecule has 0 aromatic heterocycles. The smallest absolute Gasteiger partial charge is 0.234 e. The van der Waals surface area contributed by atoms with Gasteiger partial charge in [0.15, 0.2) is 0 Å². The van der Waals surface area contributed by atoms with Crippen LogP contribution < -0.4 is 11.5 Å². The van der Waals surface area contributed by atoms with Gasteiger partial charge >= 0.3 is 0 Å². The van der Waals surface area contributed by atoms with Crippen LogP contribution in [-0.4, -0.2) is 49.2 Å². The first-order valence-electron chi connectivity index (χ1n) is 6.02. The first-order chi connectivity index (χ1) is 7.63. The normalized spacial score (nSPS) is 24.2. The van der Waals surface area contributed by atoms with E-state index in [0.717, 1.165) is 39.1 Å². The molecule has 2 unspecified atom stereocenters. The van der Waals surface area contributed by atoms with E-state index in [1.807, 2.05) is 6.92 Å². The van der Waals surface area contributed by atoms with E-state index in [1.165, 1.54) is 0 Å². The first kappa shape index (κ1) is 13.4. The molecule has 5 heteroatoms. The molecule has 16 heavy (non-hydrogen) atoms. The van der Waals surface area contributed by atoms with Crippen molar-refractivity contribution >= 4 is 5.91 Å². The maximum Gasteiger partial charge on any atom is 0.234 e. The summed E-state index contributed by atoms with van der Waals surface area (Å²) in [6.45, 7) is 5.61. The summed E-state index contributed by atoms with van der Waals surface area (Å²) in [7, 11) is 0. The number of ether oxygens (including phenoxy) is 1. The van der Waals surface area contributed by atoms with E-state index < -0.39 is 11.9 Å². The van der Waals surface area contributed by atoms with Gasteiger partial charge in [-0.25, -0.2) is 0 Å². The summed E-state index contributed by atoms with van der Waals surface area (Å²) in [5, 5.41) is 0. The van der Waals surface area contributed by atoms with Crippen LogP contribution in [0.2, 0.25) is 0 Å². The van der Waals surface area contributed by atoms with Gasteiger partial charge in [0, 0.05) is 19.7 Å². The fourth-order valence-electron chi connectivity index (χ4n) is 2.05. The minimum Gasteiger partial charge on any atom is -0.377 e.